The molecule has 0 aliphatic heterocycles. The van der Waals surface area contributed by atoms with Crippen molar-refractivity contribution in [2.75, 3.05) is 27.2 Å². The Morgan fingerprint density at radius 3 is 2.46 bits per heavy atom. The molecule has 0 amide bonds. The van der Waals surface area contributed by atoms with Crippen LogP contribution in [-0.2, 0) is 13.1 Å². The highest BCUT2D eigenvalue weighted by Gasteiger charge is 2.10. The highest BCUT2D eigenvalue weighted by Crippen LogP contribution is 2.16. The van der Waals surface area contributed by atoms with Crippen LogP contribution >= 0.6 is 0 Å². The molecule has 1 aromatic carbocycles. The monoisotopic (exact) mass is 377 g/mol. The molecule has 0 fully saturated rings. The Balaban J connectivity index is 1.75. The summed E-state index contributed by atoms with van der Waals surface area (Å²) >= 11 is 0. The van der Waals surface area contributed by atoms with Crippen LogP contribution in [0.5, 0.6) is 0 Å². The van der Waals surface area contributed by atoms with E-state index in [1.807, 2.05) is 23.9 Å². The Morgan fingerprint density at radius 2 is 1.79 bits per heavy atom. The van der Waals surface area contributed by atoms with Gasteiger partial charge in [-0.1, -0.05) is 18.2 Å². The van der Waals surface area contributed by atoms with Gasteiger partial charge < -0.3 is 4.90 Å². The molecule has 2 aromatic heterocycles. The normalized spacial score (nSPS) is 11.5. The average molecular weight is 378 g/mol. The lowest BCUT2D eigenvalue weighted by Gasteiger charge is -2.23. The summed E-state index contributed by atoms with van der Waals surface area (Å²) in [6.45, 7) is 8.02. The molecule has 28 heavy (non-hydrogen) atoms. The second-order valence-corrected chi connectivity index (χ2v) is 7.70. The van der Waals surface area contributed by atoms with Gasteiger partial charge >= 0.3 is 0 Å². The Bertz CT molecular complexity index is 870. The van der Waals surface area contributed by atoms with Crippen LogP contribution < -0.4 is 0 Å². The fourth-order valence-electron chi connectivity index (χ4n) is 3.48. The molecule has 5 heteroatoms. The van der Waals surface area contributed by atoms with Crippen molar-refractivity contribution in [1.29, 1.82) is 0 Å². The summed E-state index contributed by atoms with van der Waals surface area (Å²) in [5.74, 6) is 0. The van der Waals surface area contributed by atoms with Gasteiger partial charge in [0.25, 0.3) is 0 Å². The van der Waals surface area contributed by atoms with Crippen LogP contribution in [0.15, 0.2) is 54.7 Å². The molecule has 5 nitrogen and oxygen atoms in total. The number of nitrogens with zero attached hydrogens (tertiary/aromatic N) is 5. The average Bonchev–Trinajstić information content (AvgIpc) is 3.00. The van der Waals surface area contributed by atoms with Gasteiger partial charge in [-0.15, -0.1) is 0 Å². The Hall–Kier alpha value is -2.50. The molecule has 0 bridgehead atoms. The third kappa shape index (κ3) is 5.75. The first kappa shape index (κ1) is 20.2. The van der Waals surface area contributed by atoms with Crippen LogP contribution in [0.4, 0.5) is 0 Å². The van der Waals surface area contributed by atoms with Crippen molar-refractivity contribution in [3.63, 3.8) is 0 Å². The van der Waals surface area contributed by atoms with Crippen LogP contribution in [0, 0.1) is 13.8 Å². The number of aryl methyl sites for hydroxylation is 2. The van der Waals surface area contributed by atoms with Crippen LogP contribution in [-0.4, -0.2) is 51.7 Å². The molecular weight excluding hydrogens is 346 g/mol. The smallest absolute Gasteiger partial charge is 0.0651 e. The SMILES string of the molecule is Cc1cc(C)n(-c2cccc(CN(CCCN(C)C)Cc3ccccn3)c2)n1. The Kier molecular flexibility index (Phi) is 6.95. The molecule has 148 valence electrons. The van der Waals surface area contributed by atoms with Crippen LogP contribution in [0.1, 0.15) is 29.1 Å². The van der Waals surface area contributed by atoms with Gasteiger partial charge in [0.15, 0.2) is 0 Å². The van der Waals surface area contributed by atoms with E-state index in [0.717, 1.165) is 55.4 Å². The lowest BCUT2D eigenvalue weighted by Crippen LogP contribution is -2.27. The lowest BCUT2D eigenvalue weighted by molar-refractivity contribution is 0.237. The van der Waals surface area contributed by atoms with Crippen molar-refractivity contribution in [2.45, 2.75) is 33.4 Å². The van der Waals surface area contributed by atoms with Gasteiger partial charge in [-0.3, -0.25) is 9.88 Å². The maximum absolute atomic E-state index is 4.63. The first-order valence-electron chi connectivity index (χ1n) is 9.91. The van der Waals surface area contributed by atoms with E-state index in [1.165, 1.54) is 5.56 Å². The lowest BCUT2D eigenvalue weighted by atomic mass is 10.1. The Morgan fingerprint density at radius 1 is 0.929 bits per heavy atom. The summed E-state index contributed by atoms with van der Waals surface area (Å²) in [6, 6.07) is 16.9. The van der Waals surface area contributed by atoms with Gasteiger partial charge in [-0.05, 0) is 76.8 Å². The summed E-state index contributed by atoms with van der Waals surface area (Å²) < 4.78 is 2.02. The molecule has 2 heterocycles. The highest BCUT2D eigenvalue weighted by molar-refractivity contribution is 5.37. The quantitative estimate of drug-likeness (QED) is 0.568. The van der Waals surface area contributed by atoms with E-state index in [2.05, 4.69) is 83.4 Å². The fraction of sp³-hybridized carbons (Fsp3) is 0.391. The number of benzene rings is 1. The zero-order chi connectivity index (χ0) is 19.9. The van der Waals surface area contributed by atoms with E-state index in [-0.39, 0.29) is 0 Å². The molecule has 3 aromatic rings. The number of pyridine rings is 1. The third-order valence-corrected chi connectivity index (χ3v) is 4.76. The minimum Gasteiger partial charge on any atom is -0.309 e. The van der Waals surface area contributed by atoms with Gasteiger partial charge in [0.1, 0.15) is 0 Å². The summed E-state index contributed by atoms with van der Waals surface area (Å²) in [5.41, 5.74) is 5.73. The fourth-order valence-corrected chi connectivity index (χ4v) is 3.48. The van der Waals surface area contributed by atoms with E-state index in [1.54, 1.807) is 0 Å². The summed E-state index contributed by atoms with van der Waals surface area (Å²) in [4.78, 5) is 9.23. The van der Waals surface area contributed by atoms with Gasteiger partial charge in [0, 0.05) is 31.5 Å². The van der Waals surface area contributed by atoms with Gasteiger partial charge in [-0.25, -0.2) is 4.68 Å². The molecule has 0 atom stereocenters. The topological polar surface area (TPSA) is 37.2 Å². The van der Waals surface area contributed by atoms with E-state index in [4.69, 9.17) is 0 Å². The first-order chi connectivity index (χ1) is 13.5. The number of hydrogen-bond donors (Lipinski definition) is 0. The van der Waals surface area contributed by atoms with Crippen molar-refractivity contribution in [1.82, 2.24) is 24.6 Å². The molecule has 0 saturated carbocycles. The largest absolute Gasteiger partial charge is 0.309 e. The minimum atomic E-state index is 0.860. The molecule has 0 radical (unpaired) electrons. The highest BCUT2D eigenvalue weighted by atomic mass is 15.3. The number of hydrogen-bond acceptors (Lipinski definition) is 4. The molecule has 0 saturated heterocycles. The predicted octanol–water partition coefficient (Wildman–Crippen LogP) is 3.84. The molecule has 0 spiro atoms. The molecule has 3 rings (SSSR count). The standard InChI is InChI=1S/C23H31N5/c1-19-15-20(2)28(25-19)23-11-7-9-21(16-23)17-27(14-8-13-26(3)4)18-22-10-5-6-12-24-22/h5-7,9-12,15-16H,8,13-14,17-18H2,1-4H3. The van der Waals surface area contributed by atoms with Crippen molar-refractivity contribution >= 4 is 0 Å². The van der Waals surface area contributed by atoms with Crippen molar-refractivity contribution < 1.29 is 0 Å². The minimum absolute atomic E-state index is 0.860. The Labute approximate surface area is 168 Å². The van der Waals surface area contributed by atoms with Gasteiger partial charge in [-0.2, -0.15) is 5.10 Å². The zero-order valence-electron chi connectivity index (χ0n) is 17.5. The van der Waals surface area contributed by atoms with E-state index < -0.39 is 0 Å². The maximum Gasteiger partial charge on any atom is 0.0651 e. The second kappa shape index (κ2) is 9.62. The van der Waals surface area contributed by atoms with Gasteiger partial charge in [0.2, 0.25) is 0 Å². The zero-order valence-corrected chi connectivity index (χ0v) is 17.5. The molecule has 0 unspecified atom stereocenters. The van der Waals surface area contributed by atoms with E-state index in [9.17, 15) is 0 Å². The summed E-state index contributed by atoms with van der Waals surface area (Å²) in [5, 5.41) is 4.63. The summed E-state index contributed by atoms with van der Waals surface area (Å²) in [6.07, 6.45) is 3.01. The molecular formula is C23H31N5. The van der Waals surface area contributed by atoms with Crippen molar-refractivity contribution in [3.8, 4) is 5.69 Å². The summed E-state index contributed by atoms with van der Waals surface area (Å²) in [7, 11) is 4.25. The van der Waals surface area contributed by atoms with E-state index in [0.29, 0.717) is 0 Å². The van der Waals surface area contributed by atoms with Crippen molar-refractivity contribution in [3.05, 3.63) is 77.4 Å². The first-order valence-corrected chi connectivity index (χ1v) is 9.91. The predicted molar refractivity (Wildman–Crippen MR) is 115 cm³/mol. The van der Waals surface area contributed by atoms with Crippen molar-refractivity contribution in [2.24, 2.45) is 0 Å². The molecule has 0 N–H and O–H groups in total. The second-order valence-electron chi connectivity index (χ2n) is 7.70. The number of rotatable bonds is 9. The third-order valence-electron chi connectivity index (χ3n) is 4.76. The molecule has 0 aliphatic rings. The number of aromatic nitrogens is 3. The van der Waals surface area contributed by atoms with Gasteiger partial charge in [0.05, 0.1) is 17.1 Å². The molecule has 0 aliphatic carbocycles. The van der Waals surface area contributed by atoms with Crippen LogP contribution in [0.25, 0.3) is 5.69 Å². The van der Waals surface area contributed by atoms with Crippen LogP contribution in [0.2, 0.25) is 0 Å². The van der Waals surface area contributed by atoms with Crippen LogP contribution in [0.3, 0.4) is 0 Å². The van der Waals surface area contributed by atoms with E-state index >= 15 is 0 Å². The maximum atomic E-state index is 4.63.